The minimum Gasteiger partial charge on any atom is -0.370 e. The van der Waals surface area contributed by atoms with Crippen LogP contribution in [0.25, 0.3) is 0 Å². The number of hydroxylamine groups is 2. The Balaban J connectivity index is 2.01. The molecule has 35 heavy (non-hydrogen) atoms. The van der Waals surface area contributed by atoms with Crippen molar-refractivity contribution in [3.05, 3.63) is 71.3 Å². The highest BCUT2D eigenvalue weighted by Gasteiger charge is 2.49. The van der Waals surface area contributed by atoms with E-state index >= 15 is 0 Å². The van der Waals surface area contributed by atoms with Gasteiger partial charge < -0.3 is 11.1 Å². The van der Waals surface area contributed by atoms with Crippen molar-refractivity contribution in [1.82, 2.24) is 15.4 Å². The molecule has 1 unspecified atom stereocenters. The van der Waals surface area contributed by atoms with Crippen molar-refractivity contribution >= 4 is 34.7 Å². The number of amides is 3. The molecule has 0 aromatic heterocycles. The molecule has 12 heteroatoms. The van der Waals surface area contributed by atoms with Crippen LogP contribution in [0.1, 0.15) is 30.9 Å². The third-order valence-corrected chi connectivity index (χ3v) is 6.63. The highest BCUT2D eigenvalue weighted by atomic mass is 32.2. The van der Waals surface area contributed by atoms with Gasteiger partial charge in [0.25, 0.3) is 0 Å². The van der Waals surface area contributed by atoms with E-state index in [1.54, 1.807) is 0 Å². The van der Waals surface area contributed by atoms with Gasteiger partial charge >= 0.3 is 6.03 Å². The number of nitrogens with two attached hydrogens (primary N) is 1. The van der Waals surface area contributed by atoms with E-state index in [4.69, 9.17) is 10.6 Å². The van der Waals surface area contributed by atoms with Gasteiger partial charge in [0.2, 0.25) is 5.91 Å². The zero-order chi connectivity index (χ0) is 25.6. The summed E-state index contributed by atoms with van der Waals surface area (Å²) in [6.45, 7) is 1.62. The monoisotopic (exact) mass is 504 g/mol. The Labute approximate surface area is 206 Å². The molecule has 0 radical (unpaired) electrons. The standard InChI is InChI=1S/C23H26F2N6O3S/c1-15(32)28-21(26)27-13-7-12-23(16-8-5-4-6-9-16)31(22(33)30(2)34-3)29-20(35-23)18-14-17(24)10-11-19(18)25/h4-6,8-11,14H,7,12-13H2,1-3H3,(H3,26,27,28,32). The van der Waals surface area contributed by atoms with Crippen LogP contribution >= 0.6 is 11.8 Å². The maximum absolute atomic E-state index is 14.7. The van der Waals surface area contributed by atoms with E-state index in [9.17, 15) is 18.4 Å². The smallest absolute Gasteiger partial charge is 0.365 e. The SMILES string of the molecule is CON(C)C(=O)N1N=C(c2cc(F)ccc2F)SC1(CCCN/C(N)=N\C(C)=O)c1ccccc1. The lowest BCUT2D eigenvalue weighted by atomic mass is 10.0. The molecule has 0 fully saturated rings. The van der Waals surface area contributed by atoms with Crippen LogP contribution in [0.5, 0.6) is 0 Å². The predicted molar refractivity (Wildman–Crippen MR) is 130 cm³/mol. The summed E-state index contributed by atoms with van der Waals surface area (Å²) in [7, 11) is 2.77. The van der Waals surface area contributed by atoms with Crippen LogP contribution in [-0.4, -0.2) is 53.7 Å². The van der Waals surface area contributed by atoms with Gasteiger partial charge in [-0.25, -0.2) is 18.6 Å². The molecule has 1 atom stereocenters. The van der Waals surface area contributed by atoms with Crippen LogP contribution in [0.3, 0.4) is 0 Å². The molecule has 0 saturated heterocycles. The molecule has 2 aromatic carbocycles. The lowest BCUT2D eigenvalue weighted by Crippen LogP contribution is -2.47. The summed E-state index contributed by atoms with van der Waals surface area (Å²) in [6.07, 6.45) is 0.806. The first-order chi connectivity index (χ1) is 16.7. The summed E-state index contributed by atoms with van der Waals surface area (Å²) in [6, 6.07) is 11.6. The molecule has 3 amide bonds. The van der Waals surface area contributed by atoms with Crippen LogP contribution in [-0.2, 0) is 14.5 Å². The van der Waals surface area contributed by atoms with Gasteiger partial charge in [-0.3, -0.25) is 9.63 Å². The first-order valence-corrected chi connectivity index (χ1v) is 11.5. The number of hydrogen-bond donors (Lipinski definition) is 2. The zero-order valence-electron chi connectivity index (χ0n) is 19.5. The fourth-order valence-electron chi connectivity index (χ4n) is 3.51. The van der Waals surface area contributed by atoms with Gasteiger partial charge in [0.1, 0.15) is 21.5 Å². The molecule has 186 valence electrons. The zero-order valence-corrected chi connectivity index (χ0v) is 20.3. The van der Waals surface area contributed by atoms with Gasteiger partial charge in [-0.15, -0.1) is 0 Å². The second kappa shape index (κ2) is 11.3. The van der Waals surface area contributed by atoms with E-state index in [1.807, 2.05) is 30.3 Å². The number of guanidine groups is 1. The van der Waals surface area contributed by atoms with Gasteiger partial charge in [0.05, 0.1) is 7.11 Å². The highest BCUT2D eigenvalue weighted by Crippen LogP contribution is 2.50. The van der Waals surface area contributed by atoms with Gasteiger partial charge in [-0.2, -0.15) is 15.1 Å². The molecule has 0 saturated carbocycles. The van der Waals surface area contributed by atoms with Gasteiger partial charge in [-0.05, 0) is 36.6 Å². The molecule has 1 heterocycles. The summed E-state index contributed by atoms with van der Waals surface area (Å²) in [5.41, 5.74) is 6.37. The molecule has 0 bridgehead atoms. The number of rotatable bonds is 7. The molecule has 1 aliphatic rings. The Morgan fingerprint density at radius 2 is 1.97 bits per heavy atom. The van der Waals surface area contributed by atoms with E-state index in [2.05, 4.69) is 15.4 Å². The fourth-order valence-corrected chi connectivity index (χ4v) is 4.92. The lowest BCUT2D eigenvalue weighted by Gasteiger charge is -2.37. The molecule has 1 aliphatic heterocycles. The van der Waals surface area contributed by atoms with Gasteiger partial charge in [0, 0.05) is 26.1 Å². The van der Waals surface area contributed by atoms with E-state index in [1.165, 1.54) is 26.1 Å². The second-order valence-electron chi connectivity index (χ2n) is 7.60. The highest BCUT2D eigenvalue weighted by molar-refractivity contribution is 8.15. The first-order valence-electron chi connectivity index (χ1n) is 10.7. The van der Waals surface area contributed by atoms with Crippen LogP contribution in [0.15, 0.2) is 58.6 Å². The van der Waals surface area contributed by atoms with Crippen LogP contribution in [0, 0.1) is 11.6 Å². The van der Waals surface area contributed by atoms with Crippen LogP contribution < -0.4 is 11.1 Å². The number of benzene rings is 2. The largest absolute Gasteiger partial charge is 0.370 e. The summed E-state index contributed by atoms with van der Waals surface area (Å²) in [5.74, 6) is -1.74. The average molecular weight is 505 g/mol. The number of hydrazone groups is 1. The molecule has 3 rings (SSSR count). The number of nitrogens with one attached hydrogen (secondary N) is 1. The van der Waals surface area contributed by atoms with Crippen LogP contribution in [0.2, 0.25) is 0 Å². The van der Waals surface area contributed by atoms with Crippen molar-refractivity contribution in [2.75, 3.05) is 20.7 Å². The summed E-state index contributed by atoms with van der Waals surface area (Å²) in [5, 5.41) is 9.67. The number of nitrogens with zero attached hydrogens (tertiary/aromatic N) is 4. The van der Waals surface area contributed by atoms with Crippen molar-refractivity contribution in [2.24, 2.45) is 15.8 Å². The van der Waals surface area contributed by atoms with Gasteiger partial charge in [-0.1, -0.05) is 42.1 Å². The van der Waals surface area contributed by atoms with Gasteiger partial charge in [0.15, 0.2) is 5.96 Å². The Morgan fingerprint density at radius 1 is 1.26 bits per heavy atom. The van der Waals surface area contributed by atoms with Crippen molar-refractivity contribution in [2.45, 2.75) is 24.6 Å². The first kappa shape index (κ1) is 26.1. The quantitative estimate of drug-likeness (QED) is 0.259. The number of halogens is 2. The number of aliphatic imine (C=N–C) groups is 1. The molecule has 0 spiro atoms. The van der Waals surface area contributed by atoms with E-state index in [0.717, 1.165) is 40.6 Å². The number of carbonyl (C=O) groups excluding carboxylic acids is 2. The Morgan fingerprint density at radius 3 is 2.63 bits per heavy atom. The minimum absolute atomic E-state index is 0.0174. The summed E-state index contributed by atoms with van der Waals surface area (Å²) >= 11 is 1.14. The Bertz CT molecular complexity index is 1150. The number of hydrogen-bond acceptors (Lipinski definition) is 5. The van der Waals surface area contributed by atoms with Crippen LogP contribution in [0.4, 0.5) is 13.6 Å². The normalized spacial score (nSPS) is 17.8. The molecular weight excluding hydrogens is 478 g/mol. The Hall–Kier alpha value is -3.51. The lowest BCUT2D eigenvalue weighted by molar-refractivity contribution is -0.115. The number of carbonyl (C=O) groups is 2. The summed E-state index contributed by atoms with van der Waals surface area (Å²) < 4.78 is 28.6. The minimum atomic E-state index is -1.10. The molecule has 9 nitrogen and oxygen atoms in total. The maximum atomic E-state index is 14.7. The average Bonchev–Trinajstić information content (AvgIpc) is 3.23. The summed E-state index contributed by atoms with van der Waals surface area (Å²) in [4.78, 5) is 32.0. The fraction of sp³-hybridized carbons (Fsp3) is 0.304. The molecule has 0 aliphatic carbocycles. The van der Waals surface area contributed by atoms with E-state index < -0.39 is 28.4 Å². The number of thioether (sulfide) groups is 1. The van der Waals surface area contributed by atoms with Crippen molar-refractivity contribution in [3.63, 3.8) is 0 Å². The molecular formula is C23H26F2N6O3S. The molecule has 2 aromatic rings. The second-order valence-corrected chi connectivity index (χ2v) is 8.87. The third-order valence-electron chi connectivity index (χ3n) is 5.18. The predicted octanol–water partition coefficient (Wildman–Crippen LogP) is 3.37. The topological polar surface area (TPSA) is 113 Å². The van der Waals surface area contributed by atoms with Crippen molar-refractivity contribution in [1.29, 1.82) is 0 Å². The van der Waals surface area contributed by atoms with Crippen molar-refractivity contribution in [3.8, 4) is 0 Å². The van der Waals surface area contributed by atoms with E-state index in [-0.39, 0.29) is 16.6 Å². The van der Waals surface area contributed by atoms with Crippen molar-refractivity contribution < 1.29 is 23.2 Å². The number of urea groups is 1. The molecule has 3 N–H and O–H groups in total. The van der Waals surface area contributed by atoms with E-state index in [0.29, 0.717) is 19.4 Å². The Kier molecular flexibility index (Phi) is 8.41. The third kappa shape index (κ3) is 5.95. The maximum Gasteiger partial charge on any atom is 0.365 e.